The van der Waals surface area contributed by atoms with Crippen LogP contribution in [0.15, 0.2) is 0 Å². The normalized spacial score (nSPS) is 40.5. The molecule has 0 bridgehead atoms. The molecule has 1 aliphatic carbocycles. The smallest absolute Gasteiger partial charge is 0.489 e. The van der Waals surface area contributed by atoms with Gasteiger partial charge in [0.1, 0.15) is 6.10 Å². The van der Waals surface area contributed by atoms with Gasteiger partial charge in [0.25, 0.3) is 0 Å². The number of carbonyl (C=O) groups is 1. The molecule has 0 radical (unpaired) electrons. The van der Waals surface area contributed by atoms with E-state index in [2.05, 4.69) is 4.52 Å². The summed E-state index contributed by atoms with van der Waals surface area (Å²) >= 11 is 0. The highest BCUT2D eigenvalue weighted by molar-refractivity contribution is 7.30. The van der Waals surface area contributed by atoms with Crippen molar-refractivity contribution in [1.29, 1.82) is 0 Å². The van der Waals surface area contributed by atoms with Crippen molar-refractivity contribution in [3.63, 3.8) is 0 Å². The molecule has 0 aromatic heterocycles. The number of aliphatic hydroxyl groups is 3. The van der Waals surface area contributed by atoms with Crippen LogP contribution in [0.5, 0.6) is 0 Å². The van der Waals surface area contributed by atoms with Crippen molar-refractivity contribution in [3.8, 4) is 0 Å². The second-order valence-corrected chi connectivity index (χ2v) is 4.28. The van der Waals surface area contributed by atoms with Crippen molar-refractivity contribution in [2.75, 3.05) is 0 Å². The molecule has 4 N–H and O–H groups in total. The molecule has 1 unspecified atom stereocenters. The molecule has 9 heteroatoms. The van der Waals surface area contributed by atoms with Crippen LogP contribution in [0.2, 0.25) is 0 Å². The third-order valence-electron chi connectivity index (χ3n) is 2.51. The molecule has 3 atom stereocenters. The van der Waals surface area contributed by atoms with Gasteiger partial charge in [0.2, 0.25) is 5.60 Å². The van der Waals surface area contributed by atoms with Gasteiger partial charge in [0.05, 0.1) is 12.2 Å². The number of aliphatic hydroxyl groups excluding tert-OH is 3. The summed E-state index contributed by atoms with van der Waals surface area (Å²) in [4.78, 5) is 21.3. The van der Waals surface area contributed by atoms with E-state index in [9.17, 15) is 29.6 Å². The highest BCUT2D eigenvalue weighted by Crippen LogP contribution is 2.37. The summed E-state index contributed by atoms with van der Waals surface area (Å²) in [7, 11) is -3.44. The second kappa shape index (κ2) is 4.70. The first-order valence-corrected chi connectivity index (χ1v) is 5.49. The third-order valence-corrected chi connectivity index (χ3v) is 3.00. The zero-order valence-corrected chi connectivity index (χ0v) is 8.91. The van der Waals surface area contributed by atoms with Gasteiger partial charge in [-0.2, -0.15) is 0 Å². The maximum Gasteiger partial charge on any atom is 0.489 e. The van der Waals surface area contributed by atoms with Crippen LogP contribution >= 0.6 is 8.25 Å². The number of aliphatic carboxylic acids is 1. The molecule has 1 fully saturated rings. The molecule has 1 aliphatic rings. The quantitative estimate of drug-likeness (QED) is 0.412. The molecule has 0 aliphatic heterocycles. The Morgan fingerprint density at radius 2 is 1.75 bits per heavy atom. The minimum absolute atomic E-state index is 0.607. The fourth-order valence-corrected chi connectivity index (χ4v) is 2.20. The number of carboxylic acids is 1. The van der Waals surface area contributed by atoms with Crippen LogP contribution in [0.25, 0.3) is 0 Å². The Hall–Kier alpha value is -0.630. The number of carboxylic acid groups (broad SMARTS) is 1. The van der Waals surface area contributed by atoms with Gasteiger partial charge >= 0.3 is 14.2 Å². The highest BCUT2D eigenvalue weighted by Gasteiger charge is 2.54. The van der Waals surface area contributed by atoms with E-state index in [4.69, 9.17) is 5.11 Å². The van der Waals surface area contributed by atoms with Crippen molar-refractivity contribution in [2.24, 2.45) is 0 Å². The van der Waals surface area contributed by atoms with Crippen LogP contribution in [-0.4, -0.2) is 50.3 Å². The topological polar surface area (TPSA) is 147 Å². The first kappa shape index (κ1) is 13.4. The predicted molar refractivity (Wildman–Crippen MR) is 46.3 cm³/mol. The number of rotatable bonds is 3. The van der Waals surface area contributed by atoms with Crippen LogP contribution in [-0.2, 0) is 13.9 Å². The van der Waals surface area contributed by atoms with Gasteiger partial charge in [-0.15, -0.1) is 4.52 Å². The number of hydrogen-bond donors (Lipinski definition) is 4. The van der Waals surface area contributed by atoms with E-state index in [1.54, 1.807) is 0 Å². The Labute approximate surface area is 91.0 Å². The zero-order chi connectivity index (χ0) is 12.5. The lowest BCUT2D eigenvalue weighted by molar-refractivity contribution is -0.216. The summed E-state index contributed by atoms with van der Waals surface area (Å²) in [6.45, 7) is 0. The van der Waals surface area contributed by atoms with Crippen LogP contribution in [0.4, 0.5) is 0 Å². The average Bonchev–Trinajstić information content (AvgIpc) is 2.12. The molecular weight excluding hydrogens is 243 g/mol. The van der Waals surface area contributed by atoms with Crippen molar-refractivity contribution in [2.45, 2.75) is 36.8 Å². The van der Waals surface area contributed by atoms with Gasteiger partial charge in [0.15, 0.2) is 0 Å². The molecule has 0 saturated heterocycles. The Kier molecular flexibility index (Phi) is 3.95. The van der Waals surface area contributed by atoms with E-state index in [1.165, 1.54) is 0 Å². The van der Waals surface area contributed by atoms with Gasteiger partial charge in [-0.05, 0) is 4.57 Å². The van der Waals surface area contributed by atoms with Crippen LogP contribution in [0, 0.1) is 0 Å². The van der Waals surface area contributed by atoms with Crippen LogP contribution in [0.1, 0.15) is 12.8 Å². The summed E-state index contributed by atoms with van der Waals surface area (Å²) in [5.41, 5.74) is -2.22. The van der Waals surface area contributed by atoms with Crippen molar-refractivity contribution in [3.05, 3.63) is 0 Å². The molecule has 0 amide bonds. The fourth-order valence-electron chi connectivity index (χ4n) is 1.69. The van der Waals surface area contributed by atoms with Crippen molar-refractivity contribution >= 4 is 14.2 Å². The Balaban J connectivity index is 2.95. The standard InChI is InChI=1S/C7H11O8P/c8-3-1-7(6(11)12,15-16(13)14)2-4(9)5(3)10/h3-5,8-10H,1-2H2,(H,11,12)/t3-,4-,5?,7?/m1/s1. The van der Waals surface area contributed by atoms with E-state index in [-0.39, 0.29) is 0 Å². The lowest BCUT2D eigenvalue weighted by Crippen LogP contribution is -2.56. The SMILES string of the molecule is O=C(O)C1(O[P+](=O)[O-])C[C@@H](O)C(O)[C@H](O)C1. The lowest BCUT2D eigenvalue weighted by Gasteiger charge is -2.37. The summed E-state index contributed by atoms with van der Waals surface area (Å²) in [5.74, 6) is -1.61. The van der Waals surface area contributed by atoms with E-state index >= 15 is 0 Å². The van der Waals surface area contributed by atoms with Crippen molar-refractivity contribution < 1.29 is 39.2 Å². The molecule has 0 heterocycles. The largest absolute Gasteiger partial charge is 0.566 e. The fraction of sp³-hybridized carbons (Fsp3) is 0.857. The van der Waals surface area contributed by atoms with Crippen LogP contribution < -0.4 is 4.89 Å². The van der Waals surface area contributed by atoms with E-state index in [0.29, 0.717) is 0 Å². The third kappa shape index (κ3) is 2.54. The minimum Gasteiger partial charge on any atom is -0.566 e. The summed E-state index contributed by atoms with van der Waals surface area (Å²) in [6, 6.07) is 0. The molecule has 1 saturated carbocycles. The van der Waals surface area contributed by atoms with E-state index < -0.39 is 51.0 Å². The molecular formula is C7H11O8P. The maximum absolute atomic E-state index is 10.9. The molecule has 0 aromatic carbocycles. The average molecular weight is 254 g/mol. The number of hydrogen-bond acceptors (Lipinski definition) is 7. The predicted octanol–water partition coefficient (Wildman–Crippen LogP) is -2.28. The van der Waals surface area contributed by atoms with Gasteiger partial charge in [-0.1, -0.05) is 0 Å². The van der Waals surface area contributed by atoms with E-state index in [1.807, 2.05) is 0 Å². The summed E-state index contributed by atoms with van der Waals surface area (Å²) in [6.07, 6.45) is -5.85. The Bertz CT molecular complexity index is 293. The van der Waals surface area contributed by atoms with Gasteiger partial charge < -0.3 is 25.3 Å². The minimum atomic E-state index is -3.44. The molecule has 16 heavy (non-hydrogen) atoms. The highest BCUT2D eigenvalue weighted by atomic mass is 31.1. The Morgan fingerprint density at radius 3 is 2.06 bits per heavy atom. The lowest BCUT2D eigenvalue weighted by atomic mass is 9.80. The molecule has 8 nitrogen and oxygen atoms in total. The first-order valence-electron chi connectivity index (χ1n) is 4.39. The first-order chi connectivity index (χ1) is 7.28. The Morgan fingerprint density at radius 1 is 1.31 bits per heavy atom. The van der Waals surface area contributed by atoms with Gasteiger partial charge in [0, 0.05) is 12.8 Å². The maximum atomic E-state index is 10.9. The van der Waals surface area contributed by atoms with Gasteiger partial charge in [-0.3, -0.25) is 0 Å². The van der Waals surface area contributed by atoms with E-state index in [0.717, 1.165) is 0 Å². The van der Waals surface area contributed by atoms with Crippen LogP contribution in [0.3, 0.4) is 0 Å². The molecule has 0 aromatic rings. The molecule has 0 spiro atoms. The zero-order valence-electron chi connectivity index (χ0n) is 8.02. The molecule has 92 valence electrons. The van der Waals surface area contributed by atoms with Crippen molar-refractivity contribution in [1.82, 2.24) is 0 Å². The van der Waals surface area contributed by atoms with Gasteiger partial charge in [-0.25, -0.2) is 4.79 Å². The summed E-state index contributed by atoms with van der Waals surface area (Å²) < 4.78 is 14.7. The second-order valence-electron chi connectivity index (χ2n) is 3.65. The molecule has 1 rings (SSSR count). The monoisotopic (exact) mass is 254 g/mol. The summed E-state index contributed by atoms with van der Waals surface area (Å²) in [5, 5.41) is 36.6.